The van der Waals surface area contributed by atoms with E-state index < -0.39 is 0 Å². The van der Waals surface area contributed by atoms with Crippen molar-refractivity contribution in [1.29, 1.82) is 0 Å². The number of hydrazine groups is 2. The zero-order chi connectivity index (χ0) is 20.2. The summed E-state index contributed by atoms with van der Waals surface area (Å²) in [6, 6.07) is 41.3. The van der Waals surface area contributed by atoms with E-state index in [1.54, 1.807) is 0 Å². The lowest BCUT2D eigenvalue weighted by Crippen LogP contribution is -2.54. The summed E-state index contributed by atoms with van der Waals surface area (Å²) < 4.78 is 4.19. The van der Waals surface area contributed by atoms with Gasteiger partial charge in [-0.3, -0.25) is 0 Å². The molecule has 4 aromatic carbocycles. The Labute approximate surface area is 176 Å². The Kier molecular flexibility index (Phi) is 4.80. The predicted molar refractivity (Wildman–Crippen MR) is 120 cm³/mol. The van der Waals surface area contributed by atoms with Gasteiger partial charge in [0.25, 0.3) is 0 Å². The first-order valence-corrected chi connectivity index (χ1v) is 9.98. The maximum absolute atomic E-state index is 3.66. The van der Waals surface area contributed by atoms with Crippen molar-refractivity contribution in [2.75, 3.05) is 0 Å². The van der Waals surface area contributed by atoms with Gasteiger partial charge in [0.15, 0.2) is 11.4 Å². The molecule has 4 nitrogen and oxygen atoms in total. The third-order valence-corrected chi connectivity index (χ3v) is 5.01. The molecule has 4 aromatic rings. The molecule has 0 saturated heterocycles. The smallest absolute Gasteiger partial charge is 0.0879 e. The first-order chi connectivity index (χ1) is 14.9. The van der Waals surface area contributed by atoms with Crippen molar-refractivity contribution in [2.24, 2.45) is 0 Å². The van der Waals surface area contributed by atoms with E-state index in [4.69, 9.17) is 0 Å². The third-order valence-electron chi connectivity index (χ3n) is 5.01. The molecule has 0 unspecified atom stereocenters. The second kappa shape index (κ2) is 8.05. The number of benzene rings is 4. The summed E-state index contributed by atoms with van der Waals surface area (Å²) >= 11 is 0. The summed E-state index contributed by atoms with van der Waals surface area (Å²) in [6.07, 6.45) is 0. The lowest BCUT2D eigenvalue weighted by atomic mass is 10.1. The summed E-state index contributed by atoms with van der Waals surface area (Å²) in [5, 5.41) is 0. The van der Waals surface area contributed by atoms with Crippen molar-refractivity contribution in [1.82, 2.24) is 10.9 Å². The highest BCUT2D eigenvalue weighted by Crippen LogP contribution is 2.18. The fourth-order valence-corrected chi connectivity index (χ4v) is 3.54. The van der Waals surface area contributed by atoms with Crippen LogP contribution in [0, 0.1) is 0 Å². The maximum Gasteiger partial charge on any atom is 0.363 e. The van der Waals surface area contributed by atoms with Gasteiger partial charge in [0, 0.05) is 0 Å². The minimum Gasteiger partial charge on any atom is -0.0879 e. The van der Waals surface area contributed by atoms with Crippen LogP contribution >= 0.6 is 0 Å². The fourth-order valence-electron chi connectivity index (χ4n) is 3.54. The number of nitrogens with one attached hydrogen (secondary N) is 2. The molecule has 0 aromatic heterocycles. The molecule has 5 rings (SSSR count). The monoisotopic (exact) mass is 390 g/mol. The Morgan fingerprint density at radius 3 is 1.00 bits per heavy atom. The van der Waals surface area contributed by atoms with Crippen LogP contribution in [0.4, 0.5) is 11.4 Å². The molecule has 144 valence electrons. The van der Waals surface area contributed by atoms with E-state index in [2.05, 4.69) is 93.0 Å². The van der Waals surface area contributed by atoms with Crippen LogP contribution in [-0.2, 0) is 0 Å². The van der Waals surface area contributed by atoms with Crippen LogP contribution < -0.4 is 10.9 Å². The number of rotatable bonds is 4. The molecule has 1 heterocycles. The molecule has 0 spiro atoms. The van der Waals surface area contributed by atoms with Crippen LogP contribution in [0.15, 0.2) is 121 Å². The standard InChI is InChI=1S/C26H20N4/c1-5-13-21(14-6-1)25-27-30(24-19-11-4-12-20-24)26(22-15-7-2-8-16-22)28-29(25)23-17-9-3-10-18-23/h1-20H/p+2. The highest BCUT2D eigenvalue weighted by atomic mass is 15.6. The van der Waals surface area contributed by atoms with E-state index in [-0.39, 0.29) is 0 Å². The van der Waals surface area contributed by atoms with Gasteiger partial charge in [-0.15, -0.1) is 0 Å². The summed E-state index contributed by atoms with van der Waals surface area (Å²) in [4.78, 5) is 0. The highest BCUT2D eigenvalue weighted by molar-refractivity contribution is 6.00. The Hall–Kier alpha value is -4.18. The second-order valence-electron chi connectivity index (χ2n) is 6.99. The summed E-state index contributed by atoms with van der Waals surface area (Å²) in [7, 11) is 0. The van der Waals surface area contributed by atoms with Crippen molar-refractivity contribution >= 4 is 23.0 Å². The number of para-hydroxylation sites is 2. The molecule has 0 saturated carbocycles. The molecule has 0 radical (unpaired) electrons. The first-order valence-electron chi connectivity index (χ1n) is 9.98. The Morgan fingerprint density at radius 2 is 0.667 bits per heavy atom. The first kappa shape index (κ1) is 17.9. The van der Waals surface area contributed by atoms with E-state index >= 15 is 0 Å². The molecule has 0 aliphatic carbocycles. The molecule has 1 aliphatic rings. The van der Waals surface area contributed by atoms with Gasteiger partial charge in [-0.25, -0.2) is 0 Å². The van der Waals surface area contributed by atoms with Crippen LogP contribution in [0.2, 0.25) is 0 Å². The van der Waals surface area contributed by atoms with Gasteiger partial charge in [-0.2, -0.15) is 0 Å². The van der Waals surface area contributed by atoms with Crippen molar-refractivity contribution in [3.63, 3.8) is 0 Å². The molecule has 0 amide bonds. The van der Waals surface area contributed by atoms with Gasteiger partial charge in [0.2, 0.25) is 0 Å². The van der Waals surface area contributed by atoms with Crippen molar-refractivity contribution < 1.29 is 9.37 Å². The van der Waals surface area contributed by atoms with E-state index in [9.17, 15) is 0 Å². The van der Waals surface area contributed by atoms with Crippen LogP contribution in [0.1, 0.15) is 11.1 Å². The van der Waals surface area contributed by atoms with Crippen molar-refractivity contribution in [3.8, 4) is 0 Å². The van der Waals surface area contributed by atoms with E-state index in [0.717, 1.165) is 34.2 Å². The normalized spacial score (nSPS) is 13.6. The van der Waals surface area contributed by atoms with Gasteiger partial charge in [-0.1, -0.05) is 83.6 Å². The average molecular weight is 390 g/mol. The zero-order valence-corrected chi connectivity index (χ0v) is 16.4. The number of hydrazone groups is 2. The largest absolute Gasteiger partial charge is 0.363 e. The summed E-state index contributed by atoms with van der Waals surface area (Å²) in [5.41, 5.74) is 11.6. The Bertz CT molecular complexity index is 1010. The van der Waals surface area contributed by atoms with Gasteiger partial charge in [0.05, 0.1) is 11.1 Å². The van der Waals surface area contributed by atoms with Gasteiger partial charge in [-0.05, 0) is 57.9 Å². The van der Waals surface area contributed by atoms with Crippen molar-refractivity contribution in [3.05, 3.63) is 132 Å². The number of amidine groups is 2. The lowest BCUT2D eigenvalue weighted by Gasteiger charge is -2.18. The van der Waals surface area contributed by atoms with E-state index in [1.807, 2.05) is 48.5 Å². The van der Waals surface area contributed by atoms with Gasteiger partial charge in [0.1, 0.15) is 0 Å². The molecule has 0 bridgehead atoms. The molecule has 0 atom stereocenters. The third kappa shape index (κ3) is 3.47. The number of hydrogen-bond donors (Lipinski definition) is 2. The van der Waals surface area contributed by atoms with E-state index in [1.165, 1.54) is 0 Å². The number of hydrogen-bond acceptors (Lipinski definition) is 2. The minimum absolute atomic E-state index is 0.949. The van der Waals surface area contributed by atoms with Crippen LogP contribution in [0.25, 0.3) is 0 Å². The Balaban J connectivity index is 1.72. The van der Waals surface area contributed by atoms with Crippen LogP contribution in [0.3, 0.4) is 0 Å². The minimum atomic E-state index is 0.949. The summed E-state index contributed by atoms with van der Waals surface area (Å²) in [6.45, 7) is 0. The van der Waals surface area contributed by atoms with Crippen LogP contribution in [0.5, 0.6) is 0 Å². The molecule has 2 N–H and O–H groups in total. The molecule has 4 heteroatoms. The molecule has 0 fully saturated rings. The lowest BCUT2D eigenvalue weighted by molar-refractivity contribution is -0.570. The maximum atomic E-state index is 3.66. The summed E-state index contributed by atoms with van der Waals surface area (Å²) in [5.74, 6) is 1.90. The fraction of sp³-hybridized carbons (Fsp3) is 0. The molecular formula is C26H22N4+2. The molecule has 30 heavy (non-hydrogen) atoms. The zero-order valence-electron chi connectivity index (χ0n) is 16.4. The quantitative estimate of drug-likeness (QED) is 0.499. The highest BCUT2D eigenvalue weighted by Gasteiger charge is 2.36. The average Bonchev–Trinajstić information content (AvgIpc) is 2.85. The molecular weight excluding hydrogens is 368 g/mol. The van der Waals surface area contributed by atoms with Gasteiger partial charge < -0.3 is 0 Å². The van der Waals surface area contributed by atoms with Gasteiger partial charge >= 0.3 is 11.7 Å². The van der Waals surface area contributed by atoms with Crippen LogP contribution in [-0.4, -0.2) is 21.0 Å². The molecule has 1 aliphatic heterocycles. The topological polar surface area (TPSA) is 30.1 Å². The second-order valence-corrected chi connectivity index (χ2v) is 6.99. The number of nitrogens with zero attached hydrogens (tertiary/aromatic N) is 2. The van der Waals surface area contributed by atoms with E-state index in [0.29, 0.717) is 0 Å². The predicted octanol–water partition coefficient (Wildman–Crippen LogP) is 4.59. The SMILES string of the molecule is c1ccc(C2=[N+](c3ccccc3)NC(c3ccccc3)=[N+](c3ccccc3)N2)cc1. The van der Waals surface area contributed by atoms with Crippen molar-refractivity contribution in [2.45, 2.75) is 0 Å². The Morgan fingerprint density at radius 1 is 0.367 bits per heavy atom.